The number of likely N-dealkylation sites (tertiary alicyclic amines) is 1. The van der Waals surface area contributed by atoms with Crippen LogP contribution < -0.4 is 0 Å². The summed E-state index contributed by atoms with van der Waals surface area (Å²) in [6, 6.07) is 7.30. The molecule has 2 saturated heterocycles. The number of carbonyl (C=O) groups is 3. The summed E-state index contributed by atoms with van der Waals surface area (Å²) in [7, 11) is 0. The van der Waals surface area contributed by atoms with E-state index in [1.807, 2.05) is 18.2 Å². The zero-order chi connectivity index (χ0) is 19.0. The minimum absolute atomic E-state index is 0.105. The molecule has 2 aromatic rings. The van der Waals surface area contributed by atoms with Crippen LogP contribution in [0.4, 0.5) is 4.79 Å². The van der Waals surface area contributed by atoms with Gasteiger partial charge in [0.15, 0.2) is 0 Å². The second kappa shape index (κ2) is 6.57. The minimum Gasteiger partial charge on any atom is -0.481 e. The third-order valence-corrected chi connectivity index (χ3v) is 5.24. The number of amides is 2. The summed E-state index contributed by atoms with van der Waals surface area (Å²) in [6.45, 7) is 1.45. The molecule has 2 aromatic heterocycles. The molecule has 2 aliphatic heterocycles. The first kappa shape index (κ1) is 17.3. The maximum atomic E-state index is 12.9. The van der Waals surface area contributed by atoms with Gasteiger partial charge in [0.1, 0.15) is 11.3 Å². The SMILES string of the molecule is O=C(O)CCN1CC2(CCN(C(=O)c3cccc4ccnn34)CC2)OC1=O. The van der Waals surface area contributed by atoms with Crippen molar-refractivity contribution >= 4 is 23.5 Å². The first-order valence-corrected chi connectivity index (χ1v) is 8.89. The van der Waals surface area contributed by atoms with Crippen LogP contribution in [-0.4, -0.2) is 74.3 Å². The predicted molar refractivity (Wildman–Crippen MR) is 93.4 cm³/mol. The van der Waals surface area contributed by atoms with Gasteiger partial charge in [0.2, 0.25) is 0 Å². The molecule has 9 heteroatoms. The summed E-state index contributed by atoms with van der Waals surface area (Å²) in [5.41, 5.74) is 0.720. The number of fused-ring (bicyclic) bond motifs is 1. The third-order valence-electron chi connectivity index (χ3n) is 5.24. The van der Waals surface area contributed by atoms with Gasteiger partial charge in [-0.25, -0.2) is 9.31 Å². The van der Waals surface area contributed by atoms with Gasteiger partial charge in [0, 0.05) is 32.5 Å². The predicted octanol–water partition coefficient (Wildman–Crippen LogP) is 1.24. The molecule has 27 heavy (non-hydrogen) atoms. The molecule has 4 rings (SSSR count). The highest BCUT2D eigenvalue weighted by Gasteiger charge is 2.47. The van der Waals surface area contributed by atoms with Crippen molar-refractivity contribution in [3.63, 3.8) is 0 Å². The van der Waals surface area contributed by atoms with Gasteiger partial charge in [0.25, 0.3) is 5.91 Å². The van der Waals surface area contributed by atoms with Crippen molar-refractivity contribution in [1.82, 2.24) is 19.4 Å². The molecule has 1 spiro atoms. The summed E-state index contributed by atoms with van der Waals surface area (Å²) in [4.78, 5) is 38.8. The summed E-state index contributed by atoms with van der Waals surface area (Å²) < 4.78 is 7.19. The lowest BCUT2D eigenvalue weighted by atomic mass is 9.91. The van der Waals surface area contributed by atoms with Crippen molar-refractivity contribution in [3.8, 4) is 0 Å². The number of hydrogen-bond acceptors (Lipinski definition) is 5. The second-order valence-corrected chi connectivity index (χ2v) is 6.99. The van der Waals surface area contributed by atoms with Gasteiger partial charge in [0.05, 0.1) is 24.7 Å². The number of pyridine rings is 1. The van der Waals surface area contributed by atoms with Crippen molar-refractivity contribution in [2.24, 2.45) is 0 Å². The molecular formula is C18H20N4O5. The standard InChI is InChI=1S/C18H20N4O5/c23-15(24)5-9-21-12-18(27-17(21)26)6-10-20(11-7-18)16(25)14-3-1-2-13-4-8-19-22(13)14/h1-4,8H,5-7,9-12H2,(H,23,24). The average molecular weight is 372 g/mol. The normalized spacial score (nSPS) is 18.9. The zero-order valence-electron chi connectivity index (χ0n) is 14.7. The quantitative estimate of drug-likeness (QED) is 0.866. The Hall–Kier alpha value is -3.10. The van der Waals surface area contributed by atoms with Gasteiger partial charge < -0.3 is 19.6 Å². The molecule has 0 unspecified atom stereocenters. The lowest BCUT2D eigenvalue weighted by molar-refractivity contribution is -0.137. The van der Waals surface area contributed by atoms with Crippen LogP contribution in [0.25, 0.3) is 5.52 Å². The van der Waals surface area contributed by atoms with E-state index in [0.29, 0.717) is 38.2 Å². The van der Waals surface area contributed by atoms with Crippen molar-refractivity contribution in [1.29, 1.82) is 0 Å². The maximum Gasteiger partial charge on any atom is 0.410 e. The van der Waals surface area contributed by atoms with Crippen molar-refractivity contribution in [2.45, 2.75) is 24.9 Å². The summed E-state index contributed by atoms with van der Waals surface area (Å²) in [5.74, 6) is -1.05. The zero-order valence-corrected chi connectivity index (χ0v) is 14.7. The number of aliphatic carboxylic acids is 1. The monoisotopic (exact) mass is 372 g/mol. The Morgan fingerprint density at radius 1 is 1.22 bits per heavy atom. The minimum atomic E-state index is -0.947. The van der Waals surface area contributed by atoms with Gasteiger partial charge in [-0.15, -0.1) is 0 Å². The Morgan fingerprint density at radius 3 is 2.74 bits per heavy atom. The lowest BCUT2D eigenvalue weighted by Gasteiger charge is -2.37. The average Bonchev–Trinajstić information content (AvgIpc) is 3.24. The van der Waals surface area contributed by atoms with Crippen LogP contribution >= 0.6 is 0 Å². The van der Waals surface area contributed by atoms with E-state index in [9.17, 15) is 14.4 Å². The van der Waals surface area contributed by atoms with Gasteiger partial charge in [-0.2, -0.15) is 5.10 Å². The molecule has 0 atom stereocenters. The Labute approximate surface area is 155 Å². The molecule has 0 radical (unpaired) electrons. The number of carbonyl (C=O) groups excluding carboxylic acids is 2. The van der Waals surface area contributed by atoms with Gasteiger partial charge in [-0.05, 0) is 18.2 Å². The van der Waals surface area contributed by atoms with E-state index in [1.165, 1.54) is 4.90 Å². The van der Waals surface area contributed by atoms with E-state index in [-0.39, 0.29) is 18.9 Å². The van der Waals surface area contributed by atoms with E-state index >= 15 is 0 Å². The molecule has 0 aliphatic carbocycles. The molecule has 1 N–H and O–H groups in total. The topological polar surface area (TPSA) is 104 Å². The van der Waals surface area contributed by atoms with Gasteiger partial charge in [-0.1, -0.05) is 6.07 Å². The van der Waals surface area contributed by atoms with Crippen LogP contribution in [0.15, 0.2) is 30.5 Å². The molecular weight excluding hydrogens is 352 g/mol. The first-order chi connectivity index (χ1) is 13.0. The summed E-state index contributed by atoms with van der Waals surface area (Å²) >= 11 is 0. The molecule has 0 bridgehead atoms. The maximum absolute atomic E-state index is 12.9. The van der Waals surface area contributed by atoms with E-state index in [4.69, 9.17) is 9.84 Å². The number of ether oxygens (including phenoxy) is 1. The lowest BCUT2D eigenvalue weighted by Crippen LogP contribution is -2.49. The first-order valence-electron chi connectivity index (χ1n) is 8.89. The van der Waals surface area contributed by atoms with E-state index in [0.717, 1.165) is 5.52 Å². The fourth-order valence-electron chi connectivity index (χ4n) is 3.75. The number of nitrogens with zero attached hydrogens (tertiary/aromatic N) is 4. The molecule has 9 nitrogen and oxygen atoms in total. The van der Waals surface area contributed by atoms with Crippen LogP contribution in [0.5, 0.6) is 0 Å². The Balaban J connectivity index is 1.42. The largest absolute Gasteiger partial charge is 0.481 e. The highest BCUT2D eigenvalue weighted by atomic mass is 16.6. The second-order valence-electron chi connectivity index (χ2n) is 6.99. The van der Waals surface area contributed by atoms with Gasteiger partial charge in [-0.3, -0.25) is 9.59 Å². The Morgan fingerprint density at radius 2 is 2.00 bits per heavy atom. The highest BCUT2D eigenvalue weighted by Crippen LogP contribution is 2.33. The van der Waals surface area contributed by atoms with Crippen LogP contribution in [-0.2, 0) is 9.53 Å². The number of carboxylic acid groups (broad SMARTS) is 1. The van der Waals surface area contributed by atoms with Crippen LogP contribution in [0.2, 0.25) is 0 Å². The van der Waals surface area contributed by atoms with Crippen molar-refractivity contribution < 1.29 is 24.2 Å². The van der Waals surface area contributed by atoms with Crippen LogP contribution in [0.3, 0.4) is 0 Å². The van der Waals surface area contributed by atoms with Crippen molar-refractivity contribution in [3.05, 3.63) is 36.2 Å². The van der Waals surface area contributed by atoms with E-state index in [2.05, 4.69) is 5.10 Å². The van der Waals surface area contributed by atoms with Crippen molar-refractivity contribution in [2.75, 3.05) is 26.2 Å². The smallest absolute Gasteiger partial charge is 0.410 e. The van der Waals surface area contributed by atoms with E-state index < -0.39 is 17.7 Å². The van der Waals surface area contributed by atoms with E-state index in [1.54, 1.807) is 21.7 Å². The molecule has 0 aromatic carbocycles. The molecule has 4 heterocycles. The van der Waals surface area contributed by atoms with Crippen LogP contribution in [0.1, 0.15) is 29.8 Å². The summed E-state index contributed by atoms with van der Waals surface area (Å²) in [5, 5.41) is 13.0. The third kappa shape index (κ3) is 3.20. The molecule has 2 amide bonds. The molecule has 2 fully saturated rings. The highest BCUT2D eigenvalue weighted by molar-refractivity contribution is 5.93. The number of rotatable bonds is 4. The number of carboxylic acids is 1. The Kier molecular flexibility index (Phi) is 4.21. The molecule has 2 aliphatic rings. The number of aromatic nitrogens is 2. The van der Waals surface area contributed by atoms with Crippen LogP contribution in [0, 0.1) is 0 Å². The number of piperidine rings is 1. The molecule has 0 saturated carbocycles. The fraction of sp³-hybridized carbons (Fsp3) is 0.444. The Bertz CT molecular complexity index is 900. The van der Waals surface area contributed by atoms with Gasteiger partial charge >= 0.3 is 12.1 Å². The fourth-order valence-corrected chi connectivity index (χ4v) is 3.75. The number of hydrogen-bond donors (Lipinski definition) is 1. The molecule has 142 valence electrons. The summed E-state index contributed by atoms with van der Waals surface area (Å²) in [6.07, 6.45) is 2.13.